The second-order valence-corrected chi connectivity index (χ2v) is 6.59. The Morgan fingerprint density at radius 1 is 1.15 bits per heavy atom. The molecule has 4 rings (SSSR count). The van der Waals surface area contributed by atoms with Crippen LogP contribution in [0.15, 0.2) is 60.8 Å². The Labute approximate surface area is 158 Å². The largest absolute Gasteiger partial charge is 0.495 e. The van der Waals surface area contributed by atoms with E-state index < -0.39 is 0 Å². The molecule has 2 heterocycles. The zero-order chi connectivity index (χ0) is 18.8. The van der Waals surface area contributed by atoms with Gasteiger partial charge in [-0.1, -0.05) is 24.3 Å². The number of carbonyl (C=O) groups is 1. The Morgan fingerprint density at radius 2 is 2.00 bits per heavy atom. The number of nitrogens with one attached hydrogen (secondary N) is 1. The number of methoxy groups -OCH3 is 1. The predicted octanol–water partition coefficient (Wildman–Crippen LogP) is 4.35. The third-order valence-corrected chi connectivity index (χ3v) is 4.78. The Kier molecular flexibility index (Phi) is 4.50. The number of anilines is 3. The van der Waals surface area contributed by atoms with E-state index in [0.717, 1.165) is 24.2 Å². The molecule has 1 aliphatic rings. The maximum Gasteiger partial charge on any atom is 0.274 e. The number of para-hydroxylation sites is 1. The van der Waals surface area contributed by atoms with E-state index in [1.165, 1.54) is 11.3 Å². The molecule has 27 heavy (non-hydrogen) atoms. The number of rotatable bonds is 4. The maximum atomic E-state index is 12.8. The van der Waals surface area contributed by atoms with Gasteiger partial charge in [0, 0.05) is 24.1 Å². The summed E-state index contributed by atoms with van der Waals surface area (Å²) in [6.07, 6.45) is 2.68. The lowest BCUT2D eigenvalue weighted by Crippen LogP contribution is -2.17. The molecule has 0 radical (unpaired) electrons. The SMILES string of the molecule is COc1ccc(C)cc1NC(=O)c1cc(N2CCc3ccccc32)ccn1. The van der Waals surface area contributed by atoms with Gasteiger partial charge < -0.3 is 15.0 Å². The molecule has 0 saturated heterocycles. The molecule has 1 aromatic heterocycles. The Bertz CT molecular complexity index is 1000. The second kappa shape index (κ2) is 7.11. The van der Waals surface area contributed by atoms with Gasteiger partial charge in [-0.15, -0.1) is 0 Å². The quantitative estimate of drug-likeness (QED) is 0.753. The van der Waals surface area contributed by atoms with Crippen molar-refractivity contribution in [1.29, 1.82) is 0 Å². The van der Waals surface area contributed by atoms with Crippen LogP contribution in [0.3, 0.4) is 0 Å². The van der Waals surface area contributed by atoms with Gasteiger partial charge in [0.2, 0.25) is 0 Å². The van der Waals surface area contributed by atoms with Gasteiger partial charge >= 0.3 is 0 Å². The highest BCUT2D eigenvalue weighted by Gasteiger charge is 2.21. The summed E-state index contributed by atoms with van der Waals surface area (Å²) in [4.78, 5) is 19.2. The number of aromatic nitrogens is 1. The van der Waals surface area contributed by atoms with Gasteiger partial charge in [-0.05, 0) is 54.8 Å². The van der Waals surface area contributed by atoms with Crippen LogP contribution in [0.5, 0.6) is 5.75 Å². The Balaban J connectivity index is 1.60. The molecular weight excluding hydrogens is 338 g/mol. The van der Waals surface area contributed by atoms with Gasteiger partial charge in [-0.25, -0.2) is 0 Å². The van der Waals surface area contributed by atoms with Gasteiger partial charge in [0.25, 0.3) is 5.91 Å². The van der Waals surface area contributed by atoms with Crippen LogP contribution in [0.4, 0.5) is 17.1 Å². The van der Waals surface area contributed by atoms with Gasteiger partial charge in [-0.3, -0.25) is 9.78 Å². The Morgan fingerprint density at radius 3 is 2.85 bits per heavy atom. The van der Waals surface area contributed by atoms with E-state index >= 15 is 0 Å². The van der Waals surface area contributed by atoms with E-state index in [-0.39, 0.29) is 5.91 Å². The average molecular weight is 359 g/mol. The summed E-state index contributed by atoms with van der Waals surface area (Å²) < 4.78 is 5.34. The third kappa shape index (κ3) is 3.36. The van der Waals surface area contributed by atoms with Crippen molar-refractivity contribution in [3.05, 3.63) is 77.6 Å². The summed E-state index contributed by atoms with van der Waals surface area (Å²) in [5.74, 6) is 0.367. The number of aryl methyl sites for hydroxylation is 1. The first-order valence-electron chi connectivity index (χ1n) is 8.93. The smallest absolute Gasteiger partial charge is 0.274 e. The number of pyridine rings is 1. The molecule has 1 N–H and O–H groups in total. The van der Waals surface area contributed by atoms with E-state index in [1.807, 2.05) is 43.3 Å². The minimum absolute atomic E-state index is 0.256. The molecule has 136 valence electrons. The van der Waals surface area contributed by atoms with Crippen LogP contribution < -0.4 is 15.0 Å². The molecule has 2 aromatic carbocycles. The van der Waals surface area contributed by atoms with Crippen molar-refractivity contribution in [2.75, 3.05) is 23.9 Å². The van der Waals surface area contributed by atoms with Crippen LogP contribution in [0.1, 0.15) is 21.6 Å². The van der Waals surface area contributed by atoms with Crippen molar-refractivity contribution in [3.63, 3.8) is 0 Å². The first kappa shape index (κ1) is 17.1. The molecule has 0 spiro atoms. The fourth-order valence-corrected chi connectivity index (χ4v) is 3.42. The van der Waals surface area contributed by atoms with Crippen molar-refractivity contribution < 1.29 is 9.53 Å². The summed E-state index contributed by atoms with van der Waals surface area (Å²) >= 11 is 0. The Hall–Kier alpha value is -3.34. The molecule has 1 amide bonds. The molecular formula is C22H21N3O2. The zero-order valence-electron chi connectivity index (χ0n) is 15.4. The fourth-order valence-electron chi connectivity index (χ4n) is 3.42. The molecule has 0 bridgehead atoms. The zero-order valence-corrected chi connectivity index (χ0v) is 15.4. The standard InChI is InChI=1S/C22H21N3O2/c1-15-7-8-21(27-2)18(13-15)24-22(26)19-14-17(9-11-23-19)25-12-10-16-5-3-4-6-20(16)25/h3-9,11,13-14H,10,12H2,1-2H3,(H,24,26). The van der Waals surface area contributed by atoms with Crippen LogP contribution in [0.25, 0.3) is 0 Å². The molecule has 0 fully saturated rings. The van der Waals surface area contributed by atoms with Crippen LogP contribution in [0.2, 0.25) is 0 Å². The van der Waals surface area contributed by atoms with Gasteiger partial charge in [0.15, 0.2) is 0 Å². The monoisotopic (exact) mass is 359 g/mol. The summed E-state index contributed by atoms with van der Waals surface area (Å²) in [6.45, 7) is 2.87. The second-order valence-electron chi connectivity index (χ2n) is 6.59. The van der Waals surface area contributed by atoms with Crippen molar-refractivity contribution in [2.45, 2.75) is 13.3 Å². The average Bonchev–Trinajstić information content (AvgIpc) is 3.12. The first-order chi connectivity index (χ1) is 13.2. The lowest BCUT2D eigenvalue weighted by molar-refractivity contribution is 0.102. The van der Waals surface area contributed by atoms with Crippen molar-refractivity contribution in [2.24, 2.45) is 0 Å². The summed E-state index contributed by atoms with van der Waals surface area (Å²) in [5.41, 5.74) is 5.54. The van der Waals surface area contributed by atoms with Gasteiger partial charge in [0.05, 0.1) is 12.8 Å². The molecule has 0 saturated carbocycles. The summed E-state index contributed by atoms with van der Waals surface area (Å²) in [7, 11) is 1.59. The molecule has 3 aromatic rings. The van der Waals surface area contributed by atoms with E-state index in [9.17, 15) is 4.79 Å². The van der Waals surface area contributed by atoms with E-state index in [0.29, 0.717) is 17.1 Å². The van der Waals surface area contributed by atoms with E-state index in [4.69, 9.17) is 4.74 Å². The van der Waals surface area contributed by atoms with Gasteiger partial charge in [-0.2, -0.15) is 0 Å². The molecule has 0 atom stereocenters. The maximum absolute atomic E-state index is 12.8. The summed E-state index contributed by atoms with van der Waals surface area (Å²) in [6, 6.07) is 17.8. The highest BCUT2D eigenvalue weighted by molar-refractivity contribution is 6.04. The van der Waals surface area contributed by atoms with Crippen molar-refractivity contribution in [1.82, 2.24) is 4.98 Å². The number of amides is 1. The van der Waals surface area contributed by atoms with E-state index in [1.54, 1.807) is 13.3 Å². The number of nitrogens with zero attached hydrogens (tertiary/aromatic N) is 2. The fraction of sp³-hybridized carbons (Fsp3) is 0.182. The minimum Gasteiger partial charge on any atom is -0.495 e. The van der Waals surface area contributed by atoms with Crippen LogP contribution in [-0.2, 0) is 6.42 Å². The number of ether oxygens (including phenoxy) is 1. The first-order valence-corrected chi connectivity index (χ1v) is 8.93. The van der Waals surface area contributed by atoms with Gasteiger partial charge in [0.1, 0.15) is 11.4 Å². The van der Waals surface area contributed by atoms with Crippen molar-refractivity contribution in [3.8, 4) is 5.75 Å². The van der Waals surface area contributed by atoms with Crippen LogP contribution in [0, 0.1) is 6.92 Å². The molecule has 5 nitrogen and oxygen atoms in total. The lowest BCUT2D eigenvalue weighted by Gasteiger charge is -2.20. The van der Waals surface area contributed by atoms with Crippen LogP contribution in [-0.4, -0.2) is 24.5 Å². The predicted molar refractivity (Wildman–Crippen MR) is 107 cm³/mol. The number of hydrogen-bond donors (Lipinski definition) is 1. The highest BCUT2D eigenvalue weighted by atomic mass is 16.5. The number of hydrogen-bond acceptors (Lipinski definition) is 4. The third-order valence-electron chi connectivity index (χ3n) is 4.78. The number of fused-ring (bicyclic) bond motifs is 1. The molecule has 1 aliphatic heterocycles. The van der Waals surface area contributed by atoms with Crippen molar-refractivity contribution >= 4 is 23.0 Å². The lowest BCUT2D eigenvalue weighted by atomic mass is 10.2. The molecule has 0 aliphatic carbocycles. The normalized spacial score (nSPS) is 12.6. The molecule has 0 unspecified atom stereocenters. The highest BCUT2D eigenvalue weighted by Crippen LogP contribution is 2.34. The number of benzene rings is 2. The topological polar surface area (TPSA) is 54.5 Å². The van der Waals surface area contributed by atoms with E-state index in [2.05, 4.69) is 33.4 Å². The number of carbonyl (C=O) groups excluding carboxylic acids is 1. The van der Waals surface area contributed by atoms with Crippen LogP contribution >= 0.6 is 0 Å². The minimum atomic E-state index is -0.256. The molecule has 5 heteroatoms. The summed E-state index contributed by atoms with van der Waals surface area (Å²) in [5, 5.41) is 2.91.